The molecule has 1 fully saturated rings. The second kappa shape index (κ2) is 10.4. The molecule has 0 radical (unpaired) electrons. The van der Waals surface area contributed by atoms with Crippen molar-refractivity contribution in [1.29, 1.82) is 0 Å². The molecule has 1 aliphatic heterocycles. The quantitative estimate of drug-likeness (QED) is 0.445. The minimum absolute atomic E-state index is 0.183. The van der Waals surface area contributed by atoms with Gasteiger partial charge in [0.15, 0.2) is 11.4 Å². The summed E-state index contributed by atoms with van der Waals surface area (Å²) >= 11 is 1.65. The van der Waals surface area contributed by atoms with Crippen molar-refractivity contribution in [1.82, 2.24) is 14.4 Å². The number of hydrogen-bond acceptors (Lipinski definition) is 9. The van der Waals surface area contributed by atoms with Crippen molar-refractivity contribution >= 4 is 34.8 Å². The van der Waals surface area contributed by atoms with E-state index in [1.807, 2.05) is 11.0 Å². The van der Waals surface area contributed by atoms with Crippen LogP contribution in [0.4, 0.5) is 5.82 Å². The molecule has 0 atom stereocenters. The molecular weight excluding hydrogens is 456 g/mol. The van der Waals surface area contributed by atoms with Crippen LogP contribution in [0.5, 0.6) is 5.75 Å². The Morgan fingerprint density at radius 3 is 2.71 bits per heavy atom. The van der Waals surface area contributed by atoms with Gasteiger partial charge in [-0.1, -0.05) is 13.8 Å². The Labute approximate surface area is 201 Å². The fourth-order valence-corrected chi connectivity index (χ4v) is 4.86. The number of nitrogens with zero attached hydrogens (tertiary/aromatic N) is 4. The zero-order valence-electron chi connectivity index (χ0n) is 19.4. The molecule has 1 aliphatic rings. The molecule has 0 unspecified atom stereocenters. The Balaban J connectivity index is 1.77. The standard InChI is InChI=1S/C24H28N4O5S/c1-15(2)18-14-34-19(25-18)6-4-16-8-9-28-23(21(16)32-3)26-22(27-10-12-33-13-11-27)17(24(28)31)5-7-20(29)30/h5,7-9,14-15H,4,6,10-13H2,1-3H3,(H,29,30)/p-1/b7-5+. The monoisotopic (exact) mass is 483 g/mol. The average Bonchev–Trinajstić information content (AvgIpc) is 3.31. The third-order valence-electron chi connectivity index (χ3n) is 5.72. The number of rotatable bonds is 8. The molecule has 4 rings (SSSR count). The maximum atomic E-state index is 13.4. The number of thiazole rings is 1. The second-order valence-electron chi connectivity index (χ2n) is 8.29. The molecule has 10 heteroatoms. The molecule has 3 aromatic heterocycles. The highest BCUT2D eigenvalue weighted by Crippen LogP contribution is 2.28. The van der Waals surface area contributed by atoms with Gasteiger partial charge in [0.2, 0.25) is 0 Å². The van der Waals surface area contributed by atoms with Crippen molar-refractivity contribution < 1.29 is 19.4 Å². The number of carboxylic acids is 1. The summed E-state index contributed by atoms with van der Waals surface area (Å²) in [5.41, 5.74) is 2.20. The molecular formula is C24H27N4O5S-. The number of pyridine rings is 1. The highest BCUT2D eigenvalue weighted by atomic mass is 32.1. The first-order chi connectivity index (χ1) is 16.4. The van der Waals surface area contributed by atoms with Crippen LogP contribution in [-0.4, -0.2) is 53.8 Å². The van der Waals surface area contributed by atoms with Crippen LogP contribution < -0.4 is 20.3 Å². The number of aryl methyl sites for hydroxylation is 2. The Bertz CT molecular complexity index is 1270. The molecule has 0 aromatic carbocycles. The van der Waals surface area contributed by atoms with Crippen LogP contribution in [-0.2, 0) is 22.4 Å². The molecule has 1 saturated heterocycles. The van der Waals surface area contributed by atoms with Crippen molar-refractivity contribution in [2.24, 2.45) is 0 Å². The van der Waals surface area contributed by atoms with Crippen LogP contribution in [0.2, 0.25) is 0 Å². The van der Waals surface area contributed by atoms with E-state index in [2.05, 4.69) is 19.2 Å². The van der Waals surface area contributed by atoms with E-state index in [0.29, 0.717) is 55.9 Å². The summed E-state index contributed by atoms with van der Waals surface area (Å²) in [5, 5.41) is 14.2. The summed E-state index contributed by atoms with van der Waals surface area (Å²) in [6, 6.07) is 1.84. The SMILES string of the molecule is COc1c(CCc2nc(C(C)C)cs2)ccn2c(=O)c(/C=C/C(=O)[O-])c(N3CCOCC3)nc12. The van der Waals surface area contributed by atoms with Gasteiger partial charge in [0.05, 0.1) is 42.6 Å². The summed E-state index contributed by atoms with van der Waals surface area (Å²) < 4.78 is 12.5. The van der Waals surface area contributed by atoms with E-state index in [1.165, 1.54) is 10.5 Å². The van der Waals surface area contributed by atoms with Crippen LogP contribution in [0.25, 0.3) is 11.7 Å². The second-order valence-corrected chi connectivity index (χ2v) is 9.24. The lowest BCUT2D eigenvalue weighted by Gasteiger charge is -2.29. The maximum absolute atomic E-state index is 13.4. The molecule has 0 amide bonds. The molecule has 0 bridgehead atoms. The van der Waals surface area contributed by atoms with E-state index in [-0.39, 0.29) is 11.1 Å². The van der Waals surface area contributed by atoms with Gasteiger partial charge in [0.1, 0.15) is 5.82 Å². The number of anilines is 1. The van der Waals surface area contributed by atoms with E-state index in [4.69, 9.17) is 19.4 Å². The summed E-state index contributed by atoms with van der Waals surface area (Å²) in [5.74, 6) is -0.0730. The van der Waals surface area contributed by atoms with E-state index in [1.54, 1.807) is 24.6 Å². The van der Waals surface area contributed by atoms with Gasteiger partial charge in [0, 0.05) is 31.1 Å². The van der Waals surface area contributed by atoms with Gasteiger partial charge in [-0.25, -0.2) is 9.97 Å². The molecule has 180 valence electrons. The number of morpholine rings is 1. The first kappa shape index (κ1) is 23.9. The van der Waals surface area contributed by atoms with Crippen molar-refractivity contribution in [2.45, 2.75) is 32.6 Å². The maximum Gasteiger partial charge on any atom is 0.267 e. The van der Waals surface area contributed by atoms with Crippen molar-refractivity contribution in [2.75, 3.05) is 38.3 Å². The Hall–Kier alpha value is -3.24. The molecule has 0 saturated carbocycles. The fourth-order valence-electron chi connectivity index (χ4n) is 3.90. The molecule has 3 aromatic rings. The molecule has 0 spiro atoms. The zero-order valence-corrected chi connectivity index (χ0v) is 20.3. The zero-order chi connectivity index (χ0) is 24.2. The largest absolute Gasteiger partial charge is 0.545 e. The smallest absolute Gasteiger partial charge is 0.267 e. The lowest BCUT2D eigenvalue weighted by molar-refractivity contribution is -0.297. The van der Waals surface area contributed by atoms with Crippen molar-refractivity contribution in [3.63, 3.8) is 0 Å². The van der Waals surface area contributed by atoms with Gasteiger partial charge in [-0.05, 0) is 36.1 Å². The van der Waals surface area contributed by atoms with Gasteiger partial charge >= 0.3 is 0 Å². The van der Waals surface area contributed by atoms with Crippen LogP contribution in [0.15, 0.2) is 28.5 Å². The number of aliphatic carboxylic acids is 1. The Morgan fingerprint density at radius 2 is 2.06 bits per heavy atom. The number of carbonyl (C=O) groups excluding carboxylic acids is 1. The van der Waals surface area contributed by atoms with Gasteiger partial charge in [-0.3, -0.25) is 9.20 Å². The van der Waals surface area contributed by atoms with Gasteiger partial charge < -0.3 is 24.3 Å². The van der Waals surface area contributed by atoms with E-state index in [0.717, 1.165) is 28.8 Å². The van der Waals surface area contributed by atoms with Crippen LogP contribution in [0.3, 0.4) is 0 Å². The van der Waals surface area contributed by atoms with Crippen LogP contribution in [0, 0.1) is 0 Å². The normalized spacial score (nSPS) is 14.4. The number of carboxylic acid groups (broad SMARTS) is 1. The highest BCUT2D eigenvalue weighted by molar-refractivity contribution is 7.09. The molecule has 9 nitrogen and oxygen atoms in total. The molecule has 0 N–H and O–H groups in total. The van der Waals surface area contributed by atoms with Gasteiger partial charge in [0.25, 0.3) is 5.56 Å². The topological polar surface area (TPSA) is 109 Å². The van der Waals surface area contributed by atoms with Crippen LogP contribution >= 0.6 is 11.3 Å². The first-order valence-corrected chi connectivity index (χ1v) is 12.0. The van der Waals surface area contributed by atoms with E-state index >= 15 is 0 Å². The highest BCUT2D eigenvalue weighted by Gasteiger charge is 2.22. The van der Waals surface area contributed by atoms with Crippen molar-refractivity contribution in [3.05, 3.63) is 55.9 Å². The summed E-state index contributed by atoms with van der Waals surface area (Å²) in [6.07, 6.45) is 5.18. The lowest BCUT2D eigenvalue weighted by Crippen LogP contribution is -2.38. The number of ether oxygens (including phenoxy) is 2. The lowest BCUT2D eigenvalue weighted by atomic mass is 10.1. The predicted molar refractivity (Wildman–Crippen MR) is 129 cm³/mol. The first-order valence-electron chi connectivity index (χ1n) is 11.2. The van der Waals surface area contributed by atoms with Gasteiger partial charge in [-0.15, -0.1) is 11.3 Å². The minimum atomic E-state index is -1.38. The predicted octanol–water partition coefficient (Wildman–Crippen LogP) is 1.67. The summed E-state index contributed by atoms with van der Waals surface area (Å²) in [6.45, 7) is 6.31. The molecule has 4 heterocycles. The number of hydrogen-bond donors (Lipinski definition) is 0. The molecule has 0 aliphatic carbocycles. The molecule has 34 heavy (non-hydrogen) atoms. The summed E-state index contributed by atoms with van der Waals surface area (Å²) in [7, 11) is 1.56. The number of methoxy groups -OCH3 is 1. The van der Waals surface area contributed by atoms with E-state index in [9.17, 15) is 14.7 Å². The van der Waals surface area contributed by atoms with Gasteiger partial charge in [-0.2, -0.15) is 0 Å². The Morgan fingerprint density at radius 1 is 1.29 bits per heavy atom. The third kappa shape index (κ3) is 4.97. The number of carbonyl (C=O) groups is 1. The van der Waals surface area contributed by atoms with E-state index < -0.39 is 5.97 Å². The number of aromatic nitrogens is 3. The minimum Gasteiger partial charge on any atom is -0.545 e. The van der Waals surface area contributed by atoms with Crippen LogP contribution in [0.1, 0.15) is 41.6 Å². The van der Waals surface area contributed by atoms with Crippen molar-refractivity contribution in [3.8, 4) is 5.75 Å². The summed E-state index contributed by atoms with van der Waals surface area (Å²) in [4.78, 5) is 35.8. The average molecular weight is 484 g/mol. The fraction of sp³-hybridized carbons (Fsp3) is 0.417. The third-order valence-corrected chi connectivity index (χ3v) is 6.65. The number of fused-ring (bicyclic) bond motifs is 1. The Kier molecular flexibility index (Phi) is 7.28.